The van der Waals surface area contributed by atoms with Gasteiger partial charge in [-0.3, -0.25) is 0 Å². The molecule has 82 heavy (non-hydrogen) atoms. The summed E-state index contributed by atoms with van der Waals surface area (Å²) < 4.78 is 9.74. The van der Waals surface area contributed by atoms with Crippen LogP contribution in [0.25, 0.3) is 166 Å². The molecule has 7 nitrogen and oxygen atoms in total. The maximum Gasteiger partial charge on any atom is 0.160 e. The van der Waals surface area contributed by atoms with Gasteiger partial charge in [-0.2, -0.15) is 5.26 Å². The number of nitrogens with zero attached hydrogens (tertiary/aromatic N) is 7. The summed E-state index contributed by atoms with van der Waals surface area (Å²) in [7, 11) is 0. The molecule has 17 aromatic rings. The van der Waals surface area contributed by atoms with E-state index in [4.69, 9.17) is 9.97 Å². The van der Waals surface area contributed by atoms with Crippen molar-refractivity contribution >= 4 is 98.0 Å². The Morgan fingerprint density at radius 2 is 0.695 bits per heavy atom. The molecule has 0 saturated carbocycles. The van der Waals surface area contributed by atoms with Crippen LogP contribution in [0, 0.1) is 11.3 Å². The third-order valence-electron chi connectivity index (χ3n) is 17.3. The molecule has 0 aliphatic heterocycles. The molecule has 0 amide bonds. The molecule has 1 aliphatic carbocycles. The summed E-state index contributed by atoms with van der Waals surface area (Å²) >= 11 is 0. The maximum absolute atomic E-state index is 10.2. The SMILES string of the molecule is N#Cc1cccc(-c2nc(-c3cc(-n4c5ccccc5c5ccc(-n6c7ccccc7c7ccccc76)cc54)cc(-n4c5ccccc5c5ccc(-n6c7ccccc7c7ccccc76)cc54)c3)c3c(n2)-c2cccc4cccc-3c24)c1. The predicted molar refractivity (Wildman–Crippen MR) is 337 cm³/mol. The van der Waals surface area contributed by atoms with E-state index in [2.05, 4.69) is 261 Å². The van der Waals surface area contributed by atoms with E-state index >= 15 is 0 Å². The van der Waals surface area contributed by atoms with Gasteiger partial charge in [0.2, 0.25) is 0 Å². The van der Waals surface area contributed by atoms with Gasteiger partial charge >= 0.3 is 0 Å². The molecule has 0 spiro atoms. The molecule has 0 radical (unpaired) electrons. The second-order valence-corrected chi connectivity index (χ2v) is 21.6. The number of benzene rings is 12. The van der Waals surface area contributed by atoms with E-state index in [9.17, 15) is 5.26 Å². The van der Waals surface area contributed by atoms with E-state index in [0.29, 0.717) is 11.4 Å². The van der Waals surface area contributed by atoms with Crippen molar-refractivity contribution in [2.75, 3.05) is 0 Å². The first kappa shape index (κ1) is 44.6. The van der Waals surface area contributed by atoms with Gasteiger partial charge in [-0.15, -0.1) is 0 Å². The van der Waals surface area contributed by atoms with Gasteiger partial charge < -0.3 is 18.3 Å². The standard InChI is InChI=1S/C75H43N7/c76-44-45-16-13-19-47(38-45)75-77-73(72-61-26-14-17-46-18-15-27-62(71(46)61)74(72)78-75)48-39-51(81-67-32-11-5-24-57(67)59-36-34-49(42-69(59)81)79-63-28-7-1-20-53(63)54-21-2-8-29-64(54)79)41-52(40-48)82-68-33-12-6-25-58(68)60-37-35-50(43-70(60)82)80-65-30-9-3-22-55(65)56-23-4-10-31-66(56)80/h1-43H. The van der Waals surface area contributed by atoms with Gasteiger partial charge in [0.15, 0.2) is 5.82 Å². The number of rotatable bonds is 6. The lowest BCUT2D eigenvalue weighted by atomic mass is 9.98. The normalized spacial score (nSPS) is 12.1. The van der Waals surface area contributed by atoms with E-state index < -0.39 is 0 Å². The molecule has 12 aromatic carbocycles. The summed E-state index contributed by atoms with van der Waals surface area (Å²) in [4.78, 5) is 11.1. The molecule has 0 atom stereocenters. The second-order valence-electron chi connectivity index (χ2n) is 21.6. The molecule has 0 saturated heterocycles. The van der Waals surface area contributed by atoms with Crippen molar-refractivity contribution < 1.29 is 0 Å². The molecule has 0 unspecified atom stereocenters. The average molecular weight is 1040 g/mol. The van der Waals surface area contributed by atoms with Gasteiger partial charge in [0.05, 0.1) is 67.2 Å². The van der Waals surface area contributed by atoms with Crippen molar-refractivity contribution in [1.29, 1.82) is 5.26 Å². The molecule has 378 valence electrons. The number of nitriles is 1. The molecule has 18 rings (SSSR count). The highest BCUT2D eigenvalue weighted by molar-refractivity contribution is 6.18. The monoisotopic (exact) mass is 1040 g/mol. The van der Waals surface area contributed by atoms with Crippen molar-refractivity contribution in [2.45, 2.75) is 0 Å². The lowest BCUT2D eigenvalue weighted by Crippen LogP contribution is -2.03. The quantitative estimate of drug-likeness (QED) is 0.167. The highest BCUT2D eigenvalue weighted by Crippen LogP contribution is 2.51. The molecule has 5 heterocycles. The summed E-state index contributed by atoms with van der Waals surface area (Å²) in [6, 6.07) is 96.5. The Hall–Kier alpha value is -11.3. The Labute approximate surface area is 469 Å². The van der Waals surface area contributed by atoms with Crippen LogP contribution in [0.5, 0.6) is 0 Å². The largest absolute Gasteiger partial charge is 0.309 e. The molecular formula is C75H43N7. The summed E-state index contributed by atoms with van der Waals surface area (Å²) in [5, 5.41) is 22.0. The fourth-order valence-electron chi connectivity index (χ4n) is 13.9. The third kappa shape index (κ3) is 6.23. The zero-order valence-electron chi connectivity index (χ0n) is 44.0. The topological polar surface area (TPSA) is 69.3 Å². The summed E-state index contributed by atoms with van der Waals surface area (Å²) in [6.07, 6.45) is 0. The second kappa shape index (κ2) is 16.8. The average Bonchev–Trinajstić information content (AvgIpc) is 3.63. The molecule has 0 fully saturated rings. The fraction of sp³-hybridized carbons (Fsp3) is 0. The van der Waals surface area contributed by atoms with E-state index in [-0.39, 0.29) is 0 Å². The van der Waals surface area contributed by atoms with E-state index in [0.717, 1.165) is 138 Å². The number of fused-ring (bicyclic) bond motifs is 15. The van der Waals surface area contributed by atoms with Crippen molar-refractivity contribution in [3.05, 3.63) is 266 Å². The van der Waals surface area contributed by atoms with Crippen LogP contribution in [0.3, 0.4) is 0 Å². The minimum Gasteiger partial charge on any atom is -0.309 e. The van der Waals surface area contributed by atoms with Crippen LogP contribution in [0.2, 0.25) is 0 Å². The highest BCUT2D eigenvalue weighted by Gasteiger charge is 2.30. The zero-order chi connectivity index (χ0) is 53.7. The molecule has 7 heteroatoms. The van der Waals surface area contributed by atoms with Gasteiger partial charge in [-0.05, 0) is 107 Å². The Morgan fingerprint density at radius 3 is 1.16 bits per heavy atom. The van der Waals surface area contributed by atoms with Crippen LogP contribution >= 0.6 is 0 Å². The van der Waals surface area contributed by atoms with Gasteiger partial charge in [-0.1, -0.05) is 170 Å². The minimum absolute atomic E-state index is 0.552. The van der Waals surface area contributed by atoms with E-state index in [1.54, 1.807) is 0 Å². The summed E-state index contributed by atoms with van der Waals surface area (Å²) in [5.74, 6) is 0.558. The molecule has 5 aromatic heterocycles. The lowest BCUT2D eigenvalue weighted by Gasteiger charge is -2.18. The van der Waals surface area contributed by atoms with Crippen molar-refractivity contribution in [1.82, 2.24) is 28.2 Å². The van der Waals surface area contributed by atoms with E-state index in [1.165, 1.54) is 21.5 Å². The lowest BCUT2D eigenvalue weighted by molar-refractivity contribution is 1.12. The van der Waals surface area contributed by atoms with E-state index in [1.807, 2.05) is 24.3 Å². The van der Waals surface area contributed by atoms with Gasteiger partial charge in [0, 0.05) is 88.1 Å². The number of hydrogen-bond acceptors (Lipinski definition) is 3. The molecule has 1 aliphatic rings. The van der Waals surface area contributed by atoms with Crippen LogP contribution in [0.15, 0.2) is 261 Å². The predicted octanol–water partition coefficient (Wildman–Crippen LogP) is 18.9. The van der Waals surface area contributed by atoms with Crippen molar-refractivity contribution in [3.63, 3.8) is 0 Å². The van der Waals surface area contributed by atoms with Gasteiger partial charge in [0.25, 0.3) is 0 Å². The first-order valence-electron chi connectivity index (χ1n) is 27.8. The molecule has 0 bridgehead atoms. The smallest absolute Gasteiger partial charge is 0.160 e. The minimum atomic E-state index is 0.552. The zero-order valence-corrected chi connectivity index (χ0v) is 44.0. The summed E-state index contributed by atoms with van der Waals surface area (Å²) in [6.45, 7) is 0. The first-order valence-corrected chi connectivity index (χ1v) is 27.8. The van der Waals surface area contributed by atoms with Crippen LogP contribution in [0.1, 0.15) is 5.56 Å². The molecular weight excluding hydrogens is 999 g/mol. The van der Waals surface area contributed by atoms with Crippen LogP contribution in [0.4, 0.5) is 0 Å². The third-order valence-corrected chi connectivity index (χ3v) is 17.3. The maximum atomic E-state index is 10.2. The number of para-hydroxylation sites is 6. The fourth-order valence-corrected chi connectivity index (χ4v) is 13.9. The Kier molecular flexibility index (Phi) is 9.17. The van der Waals surface area contributed by atoms with Crippen LogP contribution < -0.4 is 0 Å². The summed E-state index contributed by atoms with van der Waals surface area (Å²) in [5.41, 5.74) is 20.2. The number of hydrogen-bond donors (Lipinski definition) is 0. The van der Waals surface area contributed by atoms with Crippen molar-refractivity contribution in [3.8, 4) is 73.8 Å². The van der Waals surface area contributed by atoms with Crippen LogP contribution in [-0.4, -0.2) is 28.2 Å². The Morgan fingerprint density at radius 1 is 0.293 bits per heavy atom. The highest BCUT2D eigenvalue weighted by atomic mass is 15.0. The first-order chi connectivity index (χ1) is 40.6. The van der Waals surface area contributed by atoms with Gasteiger partial charge in [0.1, 0.15) is 0 Å². The van der Waals surface area contributed by atoms with Gasteiger partial charge in [-0.25, -0.2) is 9.97 Å². The Bertz CT molecular complexity index is 5320. The molecule has 0 N–H and O–H groups in total. The Balaban J connectivity index is 0.970. The van der Waals surface area contributed by atoms with Crippen LogP contribution in [-0.2, 0) is 0 Å². The van der Waals surface area contributed by atoms with Crippen molar-refractivity contribution in [2.24, 2.45) is 0 Å². The number of aromatic nitrogens is 6.